The van der Waals surface area contributed by atoms with Crippen LogP contribution in [0, 0.1) is 5.92 Å². The molecule has 2 fully saturated rings. The molecule has 1 saturated carbocycles. The summed E-state index contributed by atoms with van der Waals surface area (Å²) in [6, 6.07) is 0. The van der Waals surface area contributed by atoms with Gasteiger partial charge in [0.25, 0.3) is 5.91 Å². The number of carboxylic acid groups (broad SMARTS) is 1. The van der Waals surface area contributed by atoms with Gasteiger partial charge in [0.05, 0.1) is 4.91 Å². The fourth-order valence-corrected chi connectivity index (χ4v) is 3.62. The van der Waals surface area contributed by atoms with Gasteiger partial charge in [-0.2, -0.15) is 0 Å². The van der Waals surface area contributed by atoms with Crippen molar-refractivity contribution in [3.05, 3.63) is 11.0 Å². The molecule has 0 aromatic carbocycles. The Morgan fingerprint density at radius 1 is 1.44 bits per heavy atom. The first kappa shape index (κ1) is 13.5. The van der Waals surface area contributed by atoms with Gasteiger partial charge >= 0.3 is 5.97 Å². The van der Waals surface area contributed by atoms with Gasteiger partial charge in [-0.15, -0.1) is 0 Å². The van der Waals surface area contributed by atoms with E-state index in [2.05, 4.69) is 0 Å². The van der Waals surface area contributed by atoms with Gasteiger partial charge in [-0.05, 0) is 18.8 Å². The zero-order valence-electron chi connectivity index (χ0n) is 9.92. The molecule has 1 amide bonds. The van der Waals surface area contributed by atoms with Crippen LogP contribution in [0.5, 0.6) is 0 Å². The Bertz CT molecular complexity index is 414. The standard InChI is InChI=1S/C12H15NO3S2/c14-10(15)7-13-11(16)9(18-12(13)17)6-8-4-2-1-3-5-8/h6,8H,1-5,7H2,(H,14,15)/b9-6-. The first-order valence-electron chi connectivity index (χ1n) is 6.05. The highest BCUT2D eigenvalue weighted by Gasteiger charge is 2.33. The van der Waals surface area contributed by atoms with Crippen LogP contribution in [0.4, 0.5) is 0 Å². The topological polar surface area (TPSA) is 57.6 Å². The molecule has 1 aliphatic heterocycles. The Morgan fingerprint density at radius 2 is 2.11 bits per heavy atom. The summed E-state index contributed by atoms with van der Waals surface area (Å²) in [4.78, 5) is 24.4. The van der Waals surface area contributed by atoms with Crippen LogP contribution in [0.25, 0.3) is 0 Å². The van der Waals surface area contributed by atoms with Crippen LogP contribution in [0.3, 0.4) is 0 Å². The summed E-state index contributed by atoms with van der Waals surface area (Å²) in [5, 5.41) is 8.73. The number of allylic oxidation sites excluding steroid dienone is 1. The van der Waals surface area contributed by atoms with Crippen molar-refractivity contribution in [1.29, 1.82) is 0 Å². The second-order valence-electron chi connectivity index (χ2n) is 4.58. The molecule has 18 heavy (non-hydrogen) atoms. The molecule has 1 heterocycles. The van der Waals surface area contributed by atoms with E-state index < -0.39 is 5.97 Å². The molecule has 1 aliphatic carbocycles. The molecule has 0 radical (unpaired) electrons. The molecule has 2 rings (SSSR count). The molecule has 98 valence electrons. The van der Waals surface area contributed by atoms with Crippen molar-refractivity contribution in [2.75, 3.05) is 6.54 Å². The predicted octanol–water partition coefficient (Wildman–Crippen LogP) is 2.40. The minimum absolute atomic E-state index is 0.252. The number of hydrogen-bond acceptors (Lipinski definition) is 4. The lowest BCUT2D eigenvalue weighted by atomic mass is 9.89. The van der Waals surface area contributed by atoms with Crippen molar-refractivity contribution >= 4 is 40.2 Å². The van der Waals surface area contributed by atoms with E-state index in [1.54, 1.807) is 0 Å². The van der Waals surface area contributed by atoms with Crippen molar-refractivity contribution in [3.8, 4) is 0 Å². The largest absolute Gasteiger partial charge is 0.480 e. The maximum Gasteiger partial charge on any atom is 0.323 e. The molecular weight excluding hydrogens is 270 g/mol. The van der Waals surface area contributed by atoms with E-state index in [1.807, 2.05) is 6.08 Å². The third-order valence-electron chi connectivity index (χ3n) is 3.20. The molecule has 0 unspecified atom stereocenters. The van der Waals surface area contributed by atoms with Gasteiger partial charge in [0, 0.05) is 0 Å². The van der Waals surface area contributed by atoms with Gasteiger partial charge in [0.2, 0.25) is 0 Å². The van der Waals surface area contributed by atoms with Gasteiger partial charge in [-0.1, -0.05) is 49.3 Å². The Hall–Kier alpha value is -0.880. The average Bonchev–Trinajstić information content (AvgIpc) is 2.58. The number of carbonyl (C=O) groups excluding carboxylic acids is 1. The van der Waals surface area contributed by atoms with Crippen LogP contribution in [-0.2, 0) is 9.59 Å². The average molecular weight is 285 g/mol. The lowest BCUT2D eigenvalue weighted by molar-refractivity contribution is -0.140. The number of aliphatic carboxylic acids is 1. The number of thioether (sulfide) groups is 1. The van der Waals surface area contributed by atoms with Crippen molar-refractivity contribution < 1.29 is 14.7 Å². The minimum Gasteiger partial charge on any atom is -0.480 e. The first-order chi connectivity index (χ1) is 8.58. The summed E-state index contributed by atoms with van der Waals surface area (Å²) in [7, 11) is 0. The number of rotatable bonds is 3. The van der Waals surface area contributed by atoms with Gasteiger partial charge < -0.3 is 5.11 Å². The molecule has 0 atom stereocenters. The number of thiocarbonyl (C=S) groups is 1. The Balaban J connectivity index is 2.06. The van der Waals surface area contributed by atoms with Crippen molar-refractivity contribution in [2.24, 2.45) is 5.92 Å². The van der Waals surface area contributed by atoms with E-state index in [0.29, 0.717) is 15.1 Å². The van der Waals surface area contributed by atoms with Gasteiger partial charge in [0.1, 0.15) is 10.9 Å². The number of hydrogen-bond donors (Lipinski definition) is 1. The molecule has 0 aromatic heterocycles. The molecular formula is C12H15NO3S2. The quantitative estimate of drug-likeness (QED) is 0.637. The maximum absolute atomic E-state index is 12.0. The normalized spacial score (nSPS) is 24.0. The van der Waals surface area contributed by atoms with Crippen molar-refractivity contribution in [1.82, 2.24) is 4.90 Å². The monoisotopic (exact) mass is 285 g/mol. The Labute approximate surface area is 115 Å². The van der Waals surface area contributed by atoms with Crippen LogP contribution in [-0.4, -0.2) is 32.7 Å². The lowest BCUT2D eigenvalue weighted by Crippen LogP contribution is -2.33. The van der Waals surface area contributed by atoms with Crippen molar-refractivity contribution in [2.45, 2.75) is 32.1 Å². The van der Waals surface area contributed by atoms with E-state index in [4.69, 9.17) is 17.3 Å². The van der Waals surface area contributed by atoms with Crippen LogP contribution < -0.4 is 0 Å². The van der Waals surface area contributed by atoms with Crippen LogP contribution in [0.2, 0.25) is 0 Å². The highest BCUT2D eigenvalue weighted by Crippen LogP contribution is 2.34. The SMILES string of the molecule is O=C(O)CN1C(=O)/C(=C/C2CCCCC2)SC1=S. The lowest BCUT2D eigenvalue weighted by Gasteiger charge is -2.18. The summed E-state index contributed by atoms with van der Waals surface area (Å²) in [6.07, 6.45) is 7.89. The summed E-state index contributed by atoms with van der Waals surface area (Å²) >= 11 is 6.27. The summed E-state index contributed by atoms with van der Waals surface area (Å²) < 4.78 is 0.351. The molecule has 6 heteroatoms. The number of amides is 1. The highest BCUT2D eigenvalue weighted by atomic mass is 32.2. The number of carboxylic acids is 1. The Kier molecular flexibility index (Phi) is 4.40. The van der Waals surface area contributed by atoms with E-state index in [0.717, 1.165) is 17.7 Å². The molecule has 1 saturated heterocycles. The van der Waals surface area contributed by atoms with E-state index in [1.165, 1.54) is 31.0 Å². The van der Waals surface area contributed by atoms with Gasteiger partial charge in [0.15, 0.2) is 0 Å². The van der Waals surface area contributed by atoms with Gasteiger partial charge in [-0.3, -0.25) is 14.5 Å². The molecule has 0 bridgehead atoms. The number of nitrogens with zero attached hydrogens (tertiary/aromatic N) is 1. The molecule has 0 spiro atoms. The third kappa shape index (κ3) is 3.11. The predicted molar refractivity (Wildman–Crippen MR) is 74.2 cm³/mol. The molecule has 0 aromatic rings. The van der Waals surface area contributed by atoms with Crippen LogP contribution in [0.1, 0.15) is 32.1 Å². The maximum atomic E-state index is 12.0. The zero-order chi connectivity index (χ0) is 13.1. The van der Waals surface area contributed by atoms with Crippen molar-refractivity contribution in [3.63, 3.8) is 0 Å². The molecule has 4 nitrogen and oxygen atoms in total. The minimum atomic E-state index is -1.04. The Morgan fingerprint density at radius 3 is 2.72 bits per heavy atom. The van der Waals surface area contributed by atoms with E-state index in [-0.39, 0.29) is 12.5 Å². The molecule has 1 N–H and O–H groups in total. The first-order valence-corrected chi connectivity index (χ1v) is 7.27. The van der Waals surface area contributed by atoms with Gasteiger partial charge in [-0.25, -0.2) is 0 Å². The third-order valence-corrected chi connectivity index (χ3v) is 4.60. The van der Waals surface area contributed by atoms with E-state index in [9.17, 15) is 9.59 Å². The fraction of sp³-hybridized carbons (Fsp3) is 0.583. The molecule has 2 aliphatic rings. The summed E-state index contributed by atoms with van der Waals surface area (Å²) in [6.45, 7) is -0.341. The highest BCUT2D eigenvalue weighted by molar-refractivity contribution is 8.26. The second-order valence-corrected chi connectivity index (χ2v) is 6.26. The smallest absolute Gasteiger partial charge is 0.323 e. The van der Waals surface area contributed by atoms with Crippen LogP contribution in [0.15, 0.2) is 11.0 Å². The van der Waals surface area contributed by atoms with E-state index >= 15 is 0 Å². The summed E-state index contributed by atoms with van der Waals surface area (Å²) in [5.41, 5.74) is 0. The number of carbonyl (C=O) groups is 2. The fourth-order valence-electron chi connectivity index (χ4n) is 2.30. The van der Waals surface area contributed by atoms with Crippen LogP contribution >= 0.6 is 24.0 Å². The zero-order valence-corrected chi connectivity index (χ0v) is 11.6. The second kappa shape index (κ2) is 5.84. The summed E-state index contributed by atoms with van der Waals surface area (Å²) in [5.74, 6) is -0.846.